The Morgan fingerprint density at radius 2 is 1.51 bits per heavy atom. The van der Waals surface area contributed by atoms with Crippen LogP contribution in [0.2, 0.25) is 0 Å². The van der Waals surface area contributed by atoms with Gasteiger partial charge >= 0.3 is 5.97 Å². The van der Waals surface area contributed by atoms with Crippen LogP contribution in [-0.4, -0.2) is 91.0 Å². The molecule has 0 bridgehead atoms. The number of nitrogens with one attached hydrogen (secondary N) is 1. The van der Waals surface area contributed by atoms with Gasteiger partial charge in [0, 0.05) is 18.5 Å². The lowest BCUT2D eigenvalue weighted by atomic mass is 9.92. The number of amides is 1. The van der Waals surface area contributed by atoms with Gasteiger partial charge in [-0.15, -0.1) is 23.4 Å². The van der Waals surface area contributed by atoms with E-state index in [-0.39, 0.29) is 17.9 Å². The highest BCUT2D eigenvalue weighted by Gasteiger charge is 2.57. The molecule has 0 radical (unpaired) electrons. The summed E-state index contributed by atoms with van der Waals surface area (Å²) >= 11 is 8.33. The molecule has 3 fully saturated rings. The van der Waals surface area contributed by atoms with Crippen LogP contribution in [-0.2, 0) is 28.5 Å². The van der Waals surface area contributed by atoms with Crippen LogP contribution in [0, 0.1) is 5.92 Å². The summed E-state index contributed by atoms with van der Waals surface area (Å²) in [4.78, 5) is 29.3. The molecule has 1 N–H and O–H groups in total. The first-order chi connectivity index (χ1) is 25.7. The number of unbranched alkanes of at least 4 members (excludes halogenated alkanes) is 12. The molecule has 1 aromatic rings. The molecule has 1 amide bonds. The molecule has 0 spiro atoms. The number of nitrogens with zero attached hydrogens (tertiary/aromatic N) is 1. The largest absolute Gasteiger partial charge is 0.497 e. The van der Waals surface area contributed by atoms with Crippen molar-refractivity contribution in [1.29, 1.82) is 0 Å². The predicted molar refractivity (Wildman–Crippen MR) is 215 cm³/mol. The molecular formula is C42H69ClN2O7S. The molecule has 3 aliphatic heterocycles. The molecule has 4 rings (SSSR count). The zero-order valence-electron chi connectivity index (χ0n) is 33.4. The Balaban J connectivity index is 1.36. The molecule has 0 aliphatic carbocycles. The number of likely N-dealkylation sites (tertiary alicyclic amines) is 1. The van der Waals surface area contributed by atoms with E-state index in [2.05, 4.69) is 24.1 Å². The second-order valence-corrected chi connectivity index (χ2v) is 17.1. The molecule has 3 aliphatic rings. The maximum atomic E-state index is 13.8. The molecule has 3 saturated heterocycles. The number of halogens is 1. The predicted octanol–water partition coefficient (Wildman–Crippen LogP) is 9.19. The molecule has 1 aromatic carbocycles. The van der Waals surface area contributed by atoms with Crippen LogP contribution in [0.15, 0.2) is 24.3 Å². The summed E-state index contributed by atoms with van der Waals surface area (Å²) in [5, 5.41) is 2.80. The molecule has 53 heavy (non-hydrogen) atoms. The van der Waals surface area contributed by atoms with Crippen molar-refractivity contribution in [3.63, 3.8) is 0 Å². The third kappa shape index (κ3) is 13.3. The molecule has 11 heteroatoms. The lowest BCUT2D eigenvalue weighted by Gasteiger charge is -2.44. The topological polar surface area (TPSA) is 95.6 Å². The number of rotatable bonds is 24. The van der Waals surface area contributed by atoms with E-state index in [1.54, 1.807) is 7.11 Å². The van der Waals surface area contributed by atoms with Crippen LogP contribution in [0.3, 0.4) is 0 Å². The van der Waals surface area contributed by atoms with E-state index < -0.39 is 47.6 Å². The van der Waals surface area contributed by atoms with Gasteiger partial charge in [-0.3, -0.25) is 14.5 Å². The van der Waals surface area contributed by atoms with Crippen LogP contribution in [0.1, 0.15) is 142 Å². The SMILES string of the molecule is CCCCCCCCCCCCCCCC(=O)OC1C(SC)OC(C(NC(=O)C2CC(CCC)CN2C)C(C)Cl)C2OC(c3ccc(OC)cc3)OC12. The van der Waals surface area contributed by atoms with E-state index >= 15 is 0 Å². The van der Waals surface area contributed by atoms with Gasteiger partial charge in [0.15, 0.2) is 12.4 Å². The van der Waals surface area contributed by atoms with Gasteiger partial charge < -0.3 is 29.0 Å². The number of carbonyl (C=O) groups is 2. The number of esters is 1. The summed E-state index contributed by atoms with van der Waals surface area (Å²) in [6, 6.07) is 6.75. The number of likely N-dealkylation sites (N-methyl/N-ethyl adjacent to an activating group) is 1. The maximum Gasteiger partial charge on any atom is 0.306 e. The fraction of sp³-hybridized carbons (Fsp3) is 0.810. The average molecular weight is 782 g/mol. The Hall–Kier alpha value is -1.56. The van der Waals surface area contributed by atoms with E-state index in [4.69, 9.17) is 35.3 Å². The van der Waals surface area contributed by atoms with Gasteiger partial charge in [0.1, 0.15) is 29.5 Å². The normalized spacial score (nSPS) is 28.4. The minimum absolute atomic E-state index is 0.0542. The number of benzene rings is 1. The molecule has 3 heterocycles. The Morgan fingerprint density at radius 3 is 2.08 bits per heavy atom. The van der Waals surface area contributed by atoms with E-state index in [0.717, 1.165) is 56.4 Å². The van der Waals surface area contributed by atoms with Crippen LogP contribution in [0.25, 0.3) is 0 Å². The van der Waals surface area contributed by atoms with Crippen molar-refractivity contribution in [2.24, 2.45) is 5.92 Å². The molecule has 10 unspecified atom stereocenters. The highest BCUT2D eigenvalue weighted by molar-refractivity contribution is 7.99. The van der Waals surface area contributed by atoms with Crippen molar-refractivity contribution < 1.29 is 33.3 Å². The average Bonchev–Trinajstić information content (AvgIpc) is 3.77. The van der Waals surface area contributed by atoms with Crippen LogP contribution < -0.4 is 10.1 Å². The van der Waals surface area contributed by atoms with Crippen LogP contribution in [0.5, 0.6) is 5.75 Å². The number of alkyl halides is 1. The Morgan fingerprint density at radius 1 is 0.906 bits per heavy atom. The van der Waals surface area contributed by atoms with Gasteiger partial charge in [0.2, 0.25) is 5.91 Å². The maximum absolute atomic E-state index is 13.8. The van der Waals surface area contributed by atoms with E-state index in [1.807, 2.05) is 44.5 Å². The summed E-state index contributed by atoms with van der Waals surface area (Å²) in [6.07, 6.45) is 18.2. The second-order valence-electron chi connectivity index (χ2n) is 15.5. The number of fused-ring (bicyclic) bond motifs is 1. The number of hydrogen-bond acceptors (Lipinski definition) is 9. The summed E-state index contributed by atoms with van der Waals surface area (Å²) in [6.45, 7) is 7.22. The van der Waals surface area contributed by atoms with Gasteiger partial charge in [-0.2, -0.15) is 0 Å². The van der Waals surface area contributed by atoms with Crippen molar-refractivity contribution in [3.8, 4) is 5.75 Å². The highest BCUT2D eigenvalue weighted by Crippen LogP contribution is 2.44. The lowest BCUT2D eigenvalue weighted by Crippen LogP contribution is -2.65. The van der Waals surface area contributed by atoms with Crippen molar-refractivity contribution in [2.45, 2.75) is 184 Å². The second kappa shape index (κ2) is 23.5. The van der Waals surface area contributed by atoms with Gasteiger partial charge in [-0.1, -0.05) is 109 Å². The first kappa shape index (κ1) is 44.2. The minimum atomic E-state index is -0.720. The fourth-order valence-electron chi connectivity index (χ4n) is 8.23. The molecular weight excluding hydrogens is 712 g/mol. The smallest absolute Gasteiger partial charge is 0.306 e. The van der Waals surface area contributed by atoms with Crippen LogP contribution in [0.4, 0.5) is 0 Å². The summed E-state index contributed by atoms with van der Waals surface area (Å²) in [7, 11) is 3.64. The fourth-order valence-corrected chi connectivity index (χ4v) is 9.16. The van der Waals surface area contributed by atoms with Gasteiger partial charge in [0.25, 0.3) is 0 Å². The third-order valence-electron chi connectivity index (χ3n) is 11.3. The molecule has 0 saturated carbocycles. The quantitative estimate of drug-likeness (QED) is 0.0626. The number of carbonyl (C=O) groups excluding carboxylic acids is 2. The van der Waals surface area contributed by atoms with Crippen molar-refractivity contribution in [3.05, 3.63) is 29.8 Å². The third-order valence-corrected chi connectivity index (χ3v) is 12.4. The monoisotopic (exact) mass is 780 g/mol. The Kier molecular flexibility index (Phi) is 19.6. The van der Waals surface area contributed by atoms with Gasteiger partial charge in [0.05, 0.1) is 24.6 Å². The number of thioether (sulfide) groups is 1. The molecule has 0 aromatic heterocycles. The van der Waals surface area contributed by atoms with Crippen molar-refractivity contribution >= 4 is 35.2 Å². The summed E-state index contributed by atoms with van der Waals surface area (Å²) in [5.41, 5.74) is 0.277. The number of hydrogen-bond donors (Lipinski definition) is 1. The van der Waals surface area contributed by atoms with E-state index in [9.17, 15) is 9.59 Å². The minimum Gasteiger partial charge on any atom is -0.497 e. The summed E-state index contributed by atoms with van der Waals surface area (Å²) < 4.78 is 31.5. The van der Waals surface area contributed by atoms with Gasteiger partial charge in [-0.25, -0.2) is 0 Å². The van der Waals surface area contributed by atoms with Crippen LogP contribution >= 0.6 is 23.4 Å². The molecule has 302 valence electrons. The zero-order chi connectivity index (χ0) is 38.2. The van der Waals surface area contributed by atoms with Gasteiger partial charge in [-0.05, 0) is 57.5 Å². The zero-order valence-corrected chi connectivity index (χ0v) is 35.0. The van der Waals surface area contributed by atoms with E-state index in [1.165, 1.54) is 76.0 Å². The number of methoxy groups -OCH3 is 1. The molecule has 10 atom stereocenters. The first-order valence-corrected chi connectivity index (χ1v) is 22.4. The van der Waals surface area contributed by atoms with Crippen molar-refractivity contribution in [1.82, 2.24) is 10.2 Å². The van der Waals surface area contributed by atoms with Crippen molar-refractivity contribution in [2.75, 3.05) is 27.0 Å². The standard InChI is InChI=1S/C42H69ClN2O7S/c1-7-9-10-11-12-13-14-15-16-17-18-19-20-22-34(46)49-39-38-37(50-41(51-38)31-23-25-32(48-5)26-24-31)36(52-42(39)53-6)35(29(3)43)44-40(47)33-27-30(21-8-2)28-45(33)4/h23-26,29-30,33,35-39,41-42H,7-22,27-28H2,1-6H3,(H,44,47). The molecule has 9 nitrogen and oxygen atoms in total. The highest BCUT2D eigenvalue weighted by atomic mass is 35.5. The Bertz CT molecular complexity index is 1210. The van der Waals surface area contributed by atoms with E-state index in [0.29, 0.717) is 12.3 Å². The first-order valence-electron chi connectivity index (χ1n) is 20.7. The summed E-state index contributed by atoms with van der Waals surface area (Å²) in [5.74, 6) is 0.915. The number of ether oxygens (including phenoxy) is 5. The Labute approximate surface area is 329 Å². The lowest BCUT2D eigenvalue weighted by molar-refractivity contribution is -0.193.